The second kappa shape index (κ2) is 5.44. The van der Waals surface area contributed by atoms with Gasteiger partial charge in [-0.25, -0.2) is 9.37 Å². The highest BCUT2D eigenvalue weighted by Crippen LogP contribution is 2.24. The Labute approximate surface area is 123 Å². The first-order valence-corrected chi connectivity index (χ1v) is 7.44. The summed E-state index contributed by atoms with van der Waals surface area (Å²) in [6.07, 6.45) is 5.57. The first-order chi connectivity index (χ1) is 9.63. The summed E-state index contributed by atoms with van der Waals surface area (Å²) in [4.78, 5) is 7.85. The van der Waals surface area contributed by atoms with Crippen LogP contribution in [-0.2, 0) is 12.8 Å². The lowest BCUT2D eigenvalue weighted by Gasteiger charge is -2.10. The molecule has 1 aromatic heterocycles. The van der Waals surface area contributed by atoms with E-state index in [0.717, 1.165) is 24.0 Å². The van der Waals surface area contributed by atoms with Crippen molar-refractivity contribution in [1.29, 1.82) is 0 Å². The van der Waals surface area contributed by atoms with E-state index in [-0.39, 0.29) is 5.82 Å². The maximum Gasteiger partial charge on any atom is 0.139 e. The molecule has 0 bridgehead atoms. The SMILES string of the molecule is Cc1cc(F)cc(-c2nc(=S)c3c([nH]2)CCCCC3)c1. The van der Waals surface area contributed by atoms with Crippen molar-refractivity contribution >= 4 is 12.2 Å². The third-order valence-electron chi connectivity index (χ3n) is 3.77. The van der Waals surface area contributed by atoms with Crippen molar-refractivity contribution in [1.82, 2.24) is 9.97 Å². The van der Waals surface area contributed by atoms with E-state index in [1.807, 2.05) is 13.0 Å². The van der Waals surface area contributed by atoms with Gasteiger partial charge < -0.3 is 4.98 Å². The van der Waals surface area contributed by atoms with Crippen LogP contribution in [0.1, 0.15) is 36.1 Å². The number of halogens is 1. The molecule has 1 aromatic carbocycles. The van der Waals surface area contributed by atoms with Gasteiger partial charge >= 0.3 is 0 Å². The number of hydrogen-bond donors (Lipinski definition) is 1. The summed E-state index contributed by atoms with van der Waals surface area (Å²) in [5.41, 5.74) is 4.01. The zero-order chi connectivity index (χ0) is 14.1. The van der Waals surface area contributed by atoms with Gasteiger partial charge in [-0.3, -0.25) is 0 Å². The highest BCUT2D eigenvalue weighted by atomic mass is 32.1. The number of nitrogens with zero attached hydrogens (tertiary/aromatic N) is 1. The van der Waals surface area contributed by atoms with E-state index in [1.54, 1.807) is 0 Å². The number of rotatable bonds is 1. The van der Waals surface area contributed by atoms with Gasteiger partial charge in [-0.05, 0) is 56.4 Å². The zero-order valence-corrected chi connectivity index (χ0v) is 12.3. The Bertz CT molecular complexity index is 686. The third-order valence-corrected chi connectivity index (χ3v) is 4.11. The van der Waals surface area contributed by atoms with E-state index in [0.29, 0.717) is 10.5 Å². The number of hydrogen-bond acceptors (Lipinski definition) is 2. The van der Waals surface area contributed by atoms with Crippen LogP contribution < -0.4 is 0 Å². The fraction of sp³-hybridized carbons (Fsp3) is 0.375. The number of aromatic nitrogens is 2. The number of fused-ring (bicyclic) bond motifs is 1. The fourth-order valence-electron chi connectivity index (χ4n) is 2.81. The molecule has 20 heavy (non-hydrogen) atoms. The van der Waals surface area contributed by atoms with Gasteiger partial charge in [-0.15, -0.1) is 0 Å². The maximum atomic E-state index is 13.6. The molecule has 0 aliphatic heterocycles. The molecule has 3 rings (SSSR count). The quantitative estimate of drug-likeness (QED) is 0.617. The summed E-state index contributed by atoms with van der Waals surface area (Å²) in [6, 6.07) is 4.95. The molecule has 0 fully saturated rings. The van der Waals surface area contributed by atoms with Gasteiger partial charge in [-0.1, -0.05) is 18.6 Å². The summed E-state index contributed by atoms with van der Waals surface area (Å²) in [5.74, 6) is 0.439. The van der Waals surface area contributed by atoms with Gasteiger partial charge in [-0.2, -0.15) is 0 Å². The summed E-state index contributed by atoms with van der Waals surface area (Å²) in [6.45, 7) is 1.88. The second-order valence-corrected chi connectivity index (χ2v) is 5.81. The van der Waals surface area contributed by atoms with Gasteiger partial charge in [0.25, 0.3) is 0 Å². The predicted octanol–water partition coefficient (Wildman–Crippen LogP) is 4.52. The van der Waals surface area contributed by atoms with Crippen LogP contribution in [0.5, 0.6) is 0 Å². The van der Waals surface area contributed by atoms with Crippen molar-refractivity contribution in [3.8, 4) is 11.4 Å². The molecule has 0 amide bonds. The Hall–Kier alpha value is -1.55. The molecular formula is C16H17FN2S. The molecule has 2 nitrogen and oxygen atoms in total. The smallest absolute Gasteiger partial charge is 0.139 e. The third kappa shape index (κ3) is 2.66. The summed E-state index contributed by atoms with van der Waals surface area (Å²) in [5, 5.41) is 0. The standard InChI is InChI=1S/C16H17FN2S/c1-10-7-11(9-12(17)8-10)15-18-14-6-4-2-3-5-13(14)16(20)19-15/h7-9H,2-6H2,1H3,(H,18,19,20). The van der Waals surface area contributed by atoms with Gasteiger partial charge in [0.05, 0.1) is 0 Å². The molecule has 1 aliphatic carbocycles. The molecule has 0 radical (unpaired) electrons. The monoisotopic (exact) mass is 288 g/mol. The van der Waals surface area contributed by atoms with Crippen LogP contribution in [0.4, 0.5) is 4.39 Å². The van der Waals surface area contributed by atoms with E-state index >= 15 is 0 Å². The average molecular weight is 288 g/mol. The van der Waals surface area contributed by atoms with Crippen molar-refractivity contribution in [2.45, 2.75) is 39.0 Å². The topological polar surface area (TPSA) is 28.7 Å². The molecule has 4 heteroatoms. The number of H-pyrrole nitrogens is 1. The Balaban J connectivity index is 2.13. The van der Waals surface area contributed by atoms with Crippen molar-refractivity contribution < 1.29 is 4.39 Å². The minimum atomic E-state index is -0.240. The first-order valence-electron chi connectivity index (χ1n) is 7.03. The normalized spacial score (nSPS) is 14.7. The van der Waals surface area contributed by atoms with E-state index in [1.165, 1.54) is 42.7 Å². The minimum Gasteiger partial charge on any atom is -0.343 e. The molecule has 0 saturated heterocycles. The number of aryl methyl sites for hydroxylation is 2. The van der Waals surface area contributed by atoms with Crippen LogP contribution in [0.15, 0.2) is 18.2 Å². The molecule has 0 unspecified atom stereocenters. The van der Waals surface area contributed by atoms with Crippen molar-refractivity contribution in [2.75, 3.05) is 0 Å². The number of benzene rings is 1. The van der Waals surface area contributed by atoms with E-state index in [2.05, 4.69) is 9.97 Å². The number of nitrogens with one attached hydrogen (secondary N) is 1. The lowest BCUT2D eigenvalue weighted by molar-refractivity contribution is 0.627. The highest BCUT2D eigenvalue weighted by Gasteiger charge is 2.13. The van der Waals surface area contributed by atoms with Gasteiger partial charge in [0.1, 0.15) is 16.3 Å². The fourth-order valence-corrected chi connectivity index (χ4v) is 3.12. The molecule has 1 heterocycles. The molecule has 2 aromatic rings. The Morgan fingerprint density at radius 2 is 1.95 bits per heavy atom. The summed E-state index contributed by atoms with van der Waals surface area (Å²) >= 11 is 5.43. The van der Waals surface area contributed by atoms with E-state index < -0.39 is 0 Å². The molecule has 104 valence electrons. The number of aromatic amines is 1. The molecule has 1 N–H and O–H groups in total. The van der Waals surface area contributed by atoms with Crippen molar-refractivity contribution in [3.63, 3.8) is 0 Å². The summed E-state index contributed by atoms with van der Waals surface area (Å²) in [7, 11) is 0. The van der Waals surface area contributed by atoms with Crippen molar-refractivity contribution in [3.05, 3.63) is 45.5 Å². The first kappa shape index (κ1) is 13.4. The zero-order valence-electron chi connectivity index (χ0n) is 11.5. The Morgan fingerprint density at radius 1 is 1.15 bits per heavy atom. The van der Waals surface area contributed by atoms with Gasteiger partial charge in [0.2, 0.25) is 0 Å². The second-order valence-electron chi connectivity index (χ2n) is 5.43. The highest BCUT2D eigenvalue weighted by molar-refractivity contribution is 7.71. The van der Waals surface area contributed by atoms with Gasteiger partial charge in [0, 0.05) is 16.8 Å². The minimum absolute atomic E-state index is 0.240. The molecular weight excluding hydrogens is 271 g/mol. The van der Waals surface area contributed by atoms with Gasteiger partial charge in [0.15, 0.2) is 0 Å². The lowest BCUT2D eigenvalue weighted by atomic mass is 10.1. The maximum absolute atomic E-state index is 13.6. The molecule has 0 saturated carbocycles. The van der Waals surface area contributed by atoms with Crippen LogP contribution in [0.3, 0.4) is 0 Å². The molecule has 1 aliphatic rings. The van der Waals surface area contributed by atoms with E-state index in [4.69, 9.17) is 12.2 Å². The van der Waals surface area contributed by atoms with Crippen LogP contribution >= 0.6 is 12.2 Å². The largest absolute Gasteiger partial charge is 0.343 e. The van der Waals surface area contributed by atoms with E-state index in [9.17, 15) is 4.39 Å². The predicted molar refractivity (Wildman–Crippen MR) is 80.8 cm³/mol. The van der Waals surface area contributed by atoms with Crippen LogP contribution in [0, 0.1) is 17.4 Å². The van der Waals surface area contributed by atoms with Crippen LogP contribution in [0.2, 0.25) is 0 Å². The molecule has 0 spiro atoms. The van der Waals surface area contributed by atoms with Crippen LogP contribution in [-0.4, -0.2) is 9.97 Å². The Kier molecular flexibility index (Phi) is 3.66. The lowest BCUT2D eigenvalue weighted by Crippen LogP contribution is -2.02. The van der Waals surface area contributed by atoms with Crippen LogP contribution in [0.25, 0.3) is 11.4 Å². The average Bonchev–Trinajstić information content (AvgIpc) is 2.63. The summed E-state index contributed by atoms with van der Waals surface area (Å²) < 4.78 is 14.2. The Morgan fingerprint density at radius 3 is 2.75 bits per heavy atom. The molecule has 0 atom stereocenters. The van der Waals surface area contributed by atoms with Crippen molar-refractivity contribution in [2.24, 2.45) is 0 Å².